The van der Waals surface area contributed by atoms with Crippen LogP contribution in [0.15, 0.2) is 18.2 Å². The normalized spacial score (nSPS) is 14.0. The van der Waals surface area contributed by atoms with E-state index in [-0.39, 0.29) is 5.91 Å². The number of carbonyl (C=O) groups excluding carboxylic acids is 2. The van der Waals surface area contributed by atoms with Crippen LogP contribution < -0.4 is 15.5 Å². The summed E-state index contributed by atoms with van der Waals surface area (Å²) in [5, 5.41) is 4.60. The molecule has 0 atom stereocenters. The Labute approximate surface area is 127 Å². The van der Waals surface area contributed by atoms with Crippen molar-refractivity contribution in [1.29, 1.82) is 0 Å². The van der Waals surface area contributed by atoms with Gasteiger partial charge in [0.1, 0.15) is 0 Å². The van der Waals surface area contributed by atoms with E-state index in [1.165, 1.54) is 0 Å². The number of hydrogen-bond donors (Lipinski definition) is 2. The molecule has 1 heterocycles. The first-order chi connectivity index (χ1) is 10.5. The molecule has 22 heavy (non-hydrogen) atoms. The molecule has 0 bridgehead atoms. The zero-order valence-electron chi connectivity index (χ0n) is 12.4. The predicted octanol–water partition coefficient (Wildman–Crippen LogP) is 2.76. The van der Waals surface area contributed by atoms with E-state index >= 15 is 0 Å². The highest BCUT2D eigenvalue weighted by molar-refractivity contribution is 5.97. The van der Waals surface area contributed by atoms with E-state index in [1.54, 1.807) is 23.1 Å². The Morgan fingerprint density at radius 2 is 2.14 bits per heavy atom. The van der Waals surface area contributed by atoms with Crippen molar-refractivity contribution < 1.29 is 18.4 Å². The van der Waals surface area contributed by atoms with Crippen molar-refractivity contribution in [2.45, 2.75) is 32.6 Å². The molecular formula is C15H19F2N3O2. The third-order valence-electron chi connectivity index (χ3n) is 3.40. The number of alkyl halides is 2. The second kappa shape index (κ2) is 7.20. The van der Waals surface area contributed by atoms with Crippen LogP contribution in [-0.4, -0.2) is 31.5 Å². The first-order valence-corrected chi connectivity index (χ1v) is 7.27. The van der Waals surface area contributed by atoms with Gasteiger partial charge in [0, 0.05) is 24.3 Å². The standard InChI is InChI=1S/C15H19F2N3O2/c1-2-7-20-12-5-4-11(8-10(12)3-6-14(20)21)19-15(22)18-9-13(16)17/h4-5,8,13H,2-3,6-7,9H2,1H3,(H2,18,19,22). The molecule has 2 N–H and O–H groups in total. The van der Waals surface area contributed by atoms with Gasteiger partial charge in [-0.05, 0) is 36.6 Å². The molecule has 0 spiro atoms. The summed E-state index contributed by atoms with van der Waals surface area (Å²) in [6.45, 7) is 1.98. The highest BCUT2D eigenvalue weighted by Crippen LogP contribution is 2.30. The fourth-order valence-corrected chi connectivity index (χ4v) is 2.45. The van der Waals surface area contributed by atoms with Gasteiger partial charge in [-0.25, -0.2) is 13.6 Å². The third-order valence-corrected chi connectivity index (χ3v) is 3.40. The highest BCUT2D eigenvalue weighted by Gasteiger charge is 2.23. The summed E-state index contributed by atoms with van der Waals surface area (Å²) in [7, 11) is 0. The molecule has 120 valence electrons. The van der Waals surface area contributed by atoms with Crippen molar-refractivity contribution in [3.05, 3.63) is 23.8 Å². The maximum absolute atomic E-state index is 12.0. The van der Waals surface area contributed by atoms with Gasteiger partial charge in [0.15, 0.2) is 0 Å². The molecule has 1 aliphatic heterocycles. The number of nitrogens with one attached hydrogen (secondary N) is 2. The van der Waals surface area contributed by atoms with Gasteiger partial charge in [0.25, 0.3) is 6.43 Å². The quantitative estimate of drug-likeness (QED) is 0.878. The van der Waals surface area contributed by atoms with E-state index in [1.807, 2.05) is 6.92 Å². The second-order valence-corrected chi connectivity index (χ2v) is 5.11. The maximum atomic E-state index is 12.0. The molecule has 0 saturated heterocycles. The summed E-state index contributed by atoms with van der Waals surface area (Å²) in [5.74, 6) is 0.102. The number of fused-ring (bicyclic) bond motifs is 1. The fraction of sp³-hybridized carbons (Fsp3) is 0.467. The molecule has 0 saturated carbocycles. The lowest BCUT2D eigenvalue weighted by atomic mass is 10.00. The van der Waals surface area contributed by atoms with E-state index in [0.717, 1.165) is 17.7 Å². The van der Waals surface area contributed by atoms with Crippen molar-refractivity contribution in [2.75, 3.05) is 23.3 Å². The van der Waals surface area contributed by atoms with Crippen LogP contribution in [0.4, 0.5) is 25.0 Å². The summed E-state index contributed by atoms with van der Waals surface area (Å²) in [5.41, 5.74) is 2.35. The van der Waals surface area contributed by atoms with E-state index in [4.69, 9.17) is 0 Å². The van der Waals surface area contributed by atoms with Crippen LogP contribution in [0.2, 0.25) is 0 Å². The highest BCUT2D eigenvalue weighted by atomic mass is 19.3. The van der Waals surface area contributed by atoms with Gasteiger partial charge < -0.3 is 15.5 Å². The fourth-order valence-electron chi connectivity index (χ4n) is 2.45. The number of hydrogen-bond acceptors (Lipinski definition) is 2. The van der Waals surface area contributed by atoms with E-state index in [2.05, 4.69) is 10.6 Å². The molecular weight excluding hydrogens is 292 g/mol. The number of halogens is 2. The number of nitrogens with zero attached hydrogens (tertiary/aromatic N) is 1. The predicted molar refractivity (Wildman–Crippen MR) is 80.4 cm³/mol. The van der Waals surface area contributed by atoms with Crippen LogP contribution in [0.5, 0.6) is 0 Å². The van der Waals surface area contributed by atoms with Crippen molar-refractivity contribution in [2.24, 2.45) is 0 Å². The van der Waals surface area contributed by atoms with Crippen LogP contribution in [0.1, 0.15) is 25.3 Å². The number of benzene rings is 1. The lowest BCUT2D eigenvalue weighted by Crippen LogP contribution is -2.36. The molecule has 7 heteroatoms. The minimum absolute atomic E-state index is 0.102. The number of carbonyl (C=O) groups is 2. The first-order valence-electron chi connectivity index (χ1n) is 7.27. The Morgan fingerprint density at radius 1 is 1.36 bits per heavy atom. The van der Waals surface area contributed by atoms with Gasteiger partial charge in [0.05, 0.1) is 6.54 Å². The summed E-state index contributed by atoms with van der Waals surface area (Å²) in [4.78, 5) is 25.2. The van der Waals surface area contributed by atoms with Gasteiger partial charge in [-0.2, -0.15) is 0 Å². The van der Waals surface area contributed by atoms with Gasteiger partial charge in [-0.15, -0.1) is 0 Å². The second-order valence-electron chi connectivity index (χ2n) is 5.11. The molecule has 1 aromatic carbocycles. The molecule has 0 aliphatic carbocycles. The van der Waals surface area contributed by atoms with Crippen molar-refractivity contribution in [3.63, 3.8) is 0 Å². The number of rotatable bonds is 5. The molecule has 3 amide bonds. The third kappa shape index (κ3) is 3.93. The van der Waals surface area contributed by atoms with Crippen LogP contribution in [0, 0.1) is 0 Å². The molecule has 5 nitrogen and oxygen atoms in total. The van der Waals surface area contributed by atoms with Gasteiger partial charge in [-0.3, -0.25) is 4.79 Å². The van der Waals surface area contributed by atoms with Crippen molar-refractivity contribution in [3.8, 4) is 0 Å². The van der Waals surface area contributed by atoms with E-state index in [9.17, 15) is 18.4 Å². The largest absolute Gasteiger partial charge is 0.332 e. The average Bonchev–Trinajstić information content (AvgIpc) is 2.48. The number of urea groups is 1. The summed E-state index contributed by atoms with van der Waals surface area (Å²) < 4.78 is 24.1. The summed E-state index contributed by atoms with van der Waals surface area (Å²) >= 11 is 0. The molecule has 0 radical (unpaired) electrons. The Morgan fingerprint density at radius 3 is 2.82 bits per heavy atom. The Kier molecular flexibility index (Phi) is 5.30. The van der Waals surface area contributed by atoms with Gasteiger partial charge in [-0.1, -0.05) is 6.92 Å². The average molecular weight is 311 g/mol. The molecule has 0 fully saturated rings. The molecule has 2 rings (SSSR count). The molecule has 1 aliphatic rings. The van der Waals surface area contributed by atoms with E-state index < -0.39 is 19.0 Å². The number of aryl methyl sites for hydroxylation is 1. The molecule has 1 aromatic rings. The number of anilines is 2. The van der Waals surface area contributed by atoms with Crippen LogP contribution in [-0.2, 0) is 11.2 Å². The zero-order valence-corrected chi connectivity index (χ0v) is 12.4. The SMILES string of the molecule is CCCN1C(=O)CCc2cc(NC(=O)NCC(F)F)ccc21. The zero-order chi connectivity index (χ0) is 16.1. The summed E-state index contributed by atoms with van der Waals surface area (Å²) in [6, 6.07) is 4.57. The van der Waals surface area contributed by atoms with Crippen LogP contribution >= 0.6 is 0 Å². The van der Waals surface area contributed by atoms with E-state index in [0.29, 0.717) is 25.1 Å². The molecule has 0 aromatic heterocycles. The minimum atomic E-state index is -2.58. The molecule has 0 unspecified atom stereocenters. The lowest BCUT2D eigenvalue weighted by Gasteiger charge is -2.29. The Balaban J connectivity index is 2.08. The number of amides is 3. The Bertz CT molecular complexity index is 564. The smallest absolute Gasteiger partial charge is 0.319 e. The van der Waals surface area contributed by atoms with Crippen molar-refractivity contribution in [1.82, 2.24) is 5.32 Å². The van der Waals surface area contributed by atoms with Gasteiger partial charge in [0.2, 0.25) is 5.91 Å². The minimum Gasteiger partial charge on any atom is -0.332 e. The van der Waals surface area contributed by atoms with Crippen LogP contribution in [0.3, 0.4) is 0 Å². The maximum Gasteiger partial charge on any atom is 0.319 e. The lowest BCUT2D eigenvalue weighted by molar-refractivity contribution is -0.118. The van der Waals surface area contributed by atoms with Gasteiger partial charge >= 0.3 is 6.03 Å². The first kappa shape index (κ1) is 16.2. The monoisotopic (exact) mass is 311 g/mol. The Hall–Kier alpha value is -2.18. The topological polar surface area (TPSA) is 61.4 Å². The van der Waals surface area contributed by atoms with Crippen LogP contribution in [0.25, 0.3) is 0 Å². The van der Waals surface area contributed by atoms with Crippen molar-refractivity contribution >= 4 is 23.3 Å². The summed E-state index contributed by atoms with van der Waals surface area (Å²) in [6.07, 6.45) is -0.666.